The normalized spacial score (nSPS) is 16.6. The number of rotatable bonds is 5. The SMILES string of the molecule is CCOc1ccc(C(=O)N2CCN(CC(=O)N3CCc4ccccc43)CC2)cn1. The molecule has 0 bridgehead atoms. The monoisotopic (exact) mass is 394 g/mol. The molecule has 1 aromatic carbocycles. The van der Waals surface area contributed by atoms with E-state index >= 15 is 0 Å². The van der Waals surface area contributed by atoms with Crippen LogP contribution >= 0.6 is 0 Å². The summed E-state index contributed by atoms with van der Waals surface area (Å²) in [6.45, 7) is 6.18. The number of carbonyl (C=O) groups excluding carboxylic acids is 2. The van der Waals surface area contributed by atoms with Crippen LogP contribution in [0.15, 0.2) is 42.6 Å². The number of nitrogens with zero attached hydrogens (tertiary/aromatic N) is 4. The van der Waals surface area contributed by atoms with Gasteiger partial charge in [0.2, 0.25) is 11.8 Å². The van der Waals surface area contributed by atoms with Crippen LogP contribution in [0.5, 0.6) is 5.88 Å². The Hall–Kier alpha value is -2.93. The lowest BCUT2D eigenvalue weighted by atomic mass is 10.2. The van der Waals surface area contributed by atoms with E-state index in [0.717, 1.165) is 18.7 Å². The zero-order chi connectivity index (χ0) is 20.2. The number of hydrogen-bond donors (Lipinski definition) is 0. The first-order valence-electron chi connectivity index (χ1n) is 10.1. The van der Waals surface area contributed by atoms with Gasteiger partial charge in [-0.3, -0.25) is 14.5 Å². The number of aromatic nitrogens is 1. The molecule has 0 unspecified atom stereocenters. The van der Waals surface area contributed by atoms with Crippen LogP contribution in [0.4, 0.5) is 5.69 Å². The number of anilines is 1. The fourth-order valence-electron chi connectivity index (χ4n) is 3.91. The van der Waals surface area contributed by atoms with Gasteiger partial charge in [0.15, 0.2) is 0 Å². The van der Waals surface area contributed by atoms with Crippen LogP contribution in [-0.2, 0) is 11.2 Å². The smallest absolute Gasteiger partial charge is 0.255 e. The minimum Gasteiger partial charge on any atom is -0.478 e. The summed E-state index contributed by atoms with van der Waals surface area (Å²) in [6.07, 6.45) is 2.48. The average molecular weight is 394 g/mol. The van der Waals surface area contributed by atoms with Crippen molar-refractivity contribution in [2.75, 3.05) is 50.8 Å². The van der Waals surface area contributed by atoms with Gasteiger partial charge in [0.1, 0.15) is 0 Å². The Morgan fingerprint density at radius 3 is 2.55 bits per heavy atom. The summed E-state index contributed by atoms with van der Waals surface area (Å²) in [5.74, 6) is 0.626. The van der Waals surface area contributed by atoms with Crippen LogP contribution in [0, 0.1) is 0 Å². The summed E-state index contributed by atoms with van der Waals surface area (Å²) in [4.78, 5) is 35.5. The highest BCUT2D eigenvalue weighted by Crippen LogP contribution is 2.27. The molecule has 0 N–H and O–H groups in total. The number of hydrogen-bond acceptors (Lipinski definition) is 5. The number of benzene rings is 1. The molecule has 0 spiro atoms. The predicted molar refractivity (Wildman–Crippen MR) is 110 cm³/mol. The highest BCUT2D eigenvalue weighted by Gasteiger charge is 2.28. The van der Waals surface area contributed by atoms with E-state index in [4.69, 9.17) is 4.74 Å². The van der Waals surface area contributed by atoms with Crippen molar-refractivity contribution >= 4 is 17.5 Å². The van der Waals surface area contributed by atoms with E-state index in [9.17, 15) is 9.59 Å². The van der Waals surface area contributed by atoms with Gasteiger partial charge in [-0.25, -0.2) is 4.98 Å². The maximum Gasteiger partial charge on any atom is 0.255 e. The molecular formula is C22H26N4O3. The van der Waals surface area contributed by atoms with Gasteiger partial charge in [-0.1, -0.05) is 18.2 Å². The highest BCUT2D eigenvalue weighted by atomic mass is 16.5. The predicted octanol–water partition coefficient (Wildman–Crippen LogP) is 1.83. The molecule has 1 aromatic heterocycles. The lowest BCUT2D eigenvalue weighted by Gasteiger charge is -2.35. The number of piperazine rings is 1. The molecule has 1 fully saturated rings. The van der Waals surface area contributed by atoms with Crippen molar-refractivity contribution in [2.45, 2.75) is 13.3 Å². The van der Waals surface area contributed by atoms with Crippen LogP contribution in [0.1, 0.15) is 22.8 Å². The largest absolute Gasteiger partial charge is 0.478 e. The van der Waals surface area contributed by atoms with E-state index in [1.807, 2.05) is 34.9 Å². The van der Waals surface area contributed by atoms with E-state index in [2.05, 4.69) is 16.0 Å². The van der Waals surface area contributed by atoms with Crippen molar-refractivity contribution in [2.24, 2.45) is 0 Å². The number of pyridine rings is 1. The zero-order valence-electron chi connectivity index (χ0n) is 16.7. The Labute approximate surface area is 170 Å². The Bertz CT molecular complexity index is 876. The minimum absolute atomic E-state index is 0.0278. The Balaban J connectivity index is 1.29. The van der Waals surface area contributed by atoms with E-state index in [-0.39, 0.29) is 11.8 Å². The van der Waals surface area contributed by atoms with Crippen molar-refractivity contribution in [3.63, 3.8) is 0 Å². The molecule has 0 atom stereocenters. The fourth-order valence-corrected chi connectivity index (χ4v) is 3.91. The first-order valence-corrected chi connectivity index (χ1v) is 10.1. The standard InChI is InChI=1S/C22H26N4O3/c1-2-29-20-8-7-18(15-23-20)22(28)25-13-11-24(12-14-25)16-21(27)26-10-9-17-5-3-4-6-19(17)26/h3-8,15H,2,9-14,16H2,1H3. The number of para-hydroxylation sites is 1. The molecule has 2 aromatic rings. The summed E-state index contributed by atoms with van der Waals surface area (Å²) in [7, 11) is 0. The molecule has 2 amide bonds. The van der Waals surface area contributed by atoms with E-state index < -0.39 is 0 Å². The van der Waals surface area contributed by atoms with Gasteiger partial charge in [0, 0.05) is 50.7 Å². The molecule has 0 aliphatic carbocycles. The maximum atomic E-state index is 12.8. The second kappa shape index (κ2) is 8.61. The van der Waals surface area contributed by atoms with Crippen molar-refractivity contribution < 1.29 is 14.3 Å². The minimum atomic E-state index is -0.0278. The van der Waals surface area contributed by atoms with E-state index in [0.29, 0.717) is 50.8 Å². The van der Waals surface area contributed by atoms with Gasteiger partial charge in [-0.2, -0.15) is 0 Å². The number of fused-ring (bicyclic) bond motifs is 1. The topological polar surface area (TPSA) is 66.0 Å². The third kappa shape index (κ3) is 4.24. The molecule has 2 aliphatic rings. The lowest BCUT2D eigenvalue weighted by Crippen LogP contribution is -2.51. The quantitative estimate of drug-likeness (QED) is 0.774. The lowest BCUT2D eigenvalue weighted by molar-refractivity contribution is -0.120. The number of carbonyl (C=O) groups is 2. The zero-order valence-corrected chi connectivity index (χ0v) is 16.7. The molecule has 152 valence electrons. The molecular weight excluding hydrogens is 368 g/mol. The summed E-state index contributed by atoms with van der Waals surface area (Å²) < 4.78 is 5.32. The first-order chi connectivity index (χ1) is 14.2. The molecule has 2 aliphatic heterocycles. The Morgan fingerprint density at radius 1 is 1.03 bits per heavy atom. The van der Waals surface area contributed by atoms with Gasteiger partial charge < -0.3 is 14.5 Å². The number of amides is 2. The Morgan fingerprint density at radius 2 is 1.83 bits per heavy atom. The first kappa shape index (κ1) is 19.4. The molecule has 0 radical (unpaired) electrons. The van der Waals surface area contributed by atoms with Gasteiger partial charge in [-0.05, 0) is 31.0 Å². The van der Waals surface area contributed by atoms with E-state index in [1.54, 1.807) is 18.3 Å². The van der Waals surface area contributed by atoms with Crippen molar-refractivity contribution in [1.82, 2.24) is 14.8 Å². The van der Waals surface area contributed by atoms with Crippen molar-refractivity contribution in [1.29, 1.82) is 0 Å². The average Bonchev–Trinajstić information content (AvgIpc) is 3.19. The molecule has 0 saturated carbocycles. The molecule has 29 heavy (non-hydrogen) atoms. The summed E-state index contributed by atoms with van der Waals surface area (Å²) in [5.41, 5.74) is 2.83. The van der Waals surface area contributed by atoms with Crippen LogP contribution in [0.3, 0.4) is 0 Å². The van der Waals surface area contributed by atoms with Gasteiger partial charge in [0.05, 0.1) is 18.7 Å². The third-order valence-corrected chi connectivity index (χ3v) is 5.48. The van der Waals surface area contributed by atoms with Gasteiger partial charge in [0.25, 0.3) is 5.91 Å². The van der Waals surface area contributed by atoms with Crippen molar-refractivity contribution in [3.05, 3.63) is 53.7 Å². The second-order valence-corrected chi connectivity index (χ2v) is 7.31. The summed E-state index contributed by atoms with van der Waals surface area (Å²) >= 11 is 0. The second-order valence-electron chi connectivity index (χ2n) is 7.31. The van der Waals surface area contributed by atoms with Crippen LogP contribution in [0.25, 0.3) is 0 Å². The number of ether oxygens (including phenoxy) is 1. The molecule has 4 rings (SSSR count). The van der Waals surface area contributed by atoms with Crippen molar-refractivity contribution in [3.8, 4) is 5.88 Å². The summed E-state index contributed by atoms with van der Waals surface area (Å²) in [5, 5.41) is 0. The highest BCUT2D eigenvalue weighted by molar-refractivity contribution is 5.97. The van der Waals surface area contributed by atoms with Crippen LogP contribution in [0.2, 0.25) is 0 Å². The third-order valence-electron chi connectivity index (χ3n) is 5.48. The van der Waals surface area contributed by atoms with Crippen LogP contribution in [-0.4, -0.2) is 72.5 Å². The van der Waals surface area contributed by atoms with E-state index in [1.165, 1.54) is 5.56 Å². The van der Waals surface area contributed by atoms with Gasteiger partial charge in [-0.15, -0.1) is 0 Å². The molecule has 7 nitrogen and oxygen atoms in total. The summed E-state index contributed by atoms with van der Waals surface area (Å²) in [6, 6.07) is 11.6. The van der Waals surface area contributed by atoms with Crippen LogP contribution < -0.4 is 9.64 Å². The Kier molecular flexibility index (Phi) is 5.76. The molecule has 3 heterocycles. The van der Waals surface area contributed by atoms with Gasteiger partial charge >= 0.3 is 0 Å². The maximum absolute atomic E-state index is 12.8. The molecule has 7 heteroatoms. The fraction of sp³-hybridized carbons (Fsp3) is 0.409. The molecule has 1 saturated heterocycles.